The predicted molar refractivity (Wildman–Crippen MR) is 74.6 cm³/mol. The van der Waals surface area contributed by atoms with Crippen LogP contribution in [-0.2, 0) is 44.1 Å². The molecule has 0 saturated heterocycles. The monoisotopic (exact) mass is 467 g/mol. The quantitative estimate of drug-likeness (QED) is 0.302. The Balaban J connectivity index is -0.0000000331. The van der Waals surface area contributed by atoms with Crippen molar-refractivity contribution in [2.24, 2.45) is 17.2 Å². The maximum atomic E-state index is 8.89. The molecule has 0 amide bonds. The normalized spacial score (nSPS) is 6.65. The van der Waals surface area contributed by atoms with E-state index in [0.29, 0.717) is 6.54 Å². The summed E-state index contributed by atoms with van der Waals surface area (Å²) in [5, 5.41) is 44.4. The molecule has 0 aromatic rings. The zero-order valence-corrected chi connectivity index (χ0v) is 16.8. The molecule has 0 saturated carbocycles. The minimum atomic E-state index is -1.08. The zero-order chi connectivity index (χ0) is 22.2. The molecular formula is C12H24N3O10Tc. The van der Waals surface area contributed by atoms with Crippen LogP contribution in [0.1, 0.15) is 34.6 Å². The van der Waals surface area contributed by atoms with Crippen molar-refractivity contribution >= 4 is 29.8 Å². The minimum absolute atomic E-state index is 0. The number of carbonyl (C=O) groups is 5. The van der Waals surface area contributed by atoms with Crippen LogP contribution in [0, 0.1) is 0 Å². The Kier molecular flexibility index (Phi) is 64.9. The fourth-order valence-corrected chi connectivity index (χ4v) is 0. The Morgan fingerprint density at radius 2 is 0.654 bits per heavy atom. The fourth-order valence-electron chi connectivity index (χ4n) is 0. The summed E-state index contributed by atoms with van der Waals surface area (Å²) in [5.41, 5.74) is 14.8. The maximum Gasteiger partial charge on any atom is 5.00 e. The van der Waals surface area contributed by atoms with Crippen molar-refractivity contribution in [3.63, 3.8) is 0 Å². The van der Waals surface area contributed by atoms with Crippen LogP contribution >= 0.6 is 0 Å². The van der Waals surface area contributed by atoms with E-state index in [0.717, 1.165) is 34.6 Å². The van der Waals surface area contributed by atoms with Crippen LogP contribution in [0.15, 0.2) is 0 Å². The fraction of sp³-hybridized carbons (Fsp3) is 0.583. The van der Waals surface area contributed by atoms with E-state index in [1.165, 1.54) is 0 Å². The van der Waals surface area contributed by atoms with Gasteiger partial charge in [0.25, 0.3) is 0 Å². The van der Waals surface area contributed by atoms with Gasteiger partial charge >= 0.3 is 20.1 Å². The summed E-state index contributed by atoms with van der Waals surface area (Å²) in [6, 6.07) is 0. The molecule has 0 heterocycles. The van der Waals surface area contributed by atoms with E-state index in [1.807, 2.05) is 0 Å². The first-order chi connectivity index (χ1) is 10.9. The number of carboxylic acid groups (broad SMARTS) is 5. The molecule has 0 aliphatic rings. The molecule has 26 heavy (non-hydrogen) atoms. The van der Waals surface area contributed by atoms with Crippen LogP contribution in [0.4, 0.5) is 0 Å². The first-order valence-electron chi connectivity index (χ1n) is 6.02. The first-order valence-corrected chi connectivity index (χ1v) is 6.02. The topological polar surface area (TPSA) is 279 Å². The summed E-state index contributed by atoms with van der Waals surface area (Å²) < 4.78 is 0. The van der Waals surface area contributed by atoms with Gasteiger partial charge in [-0.3, -0.25) is 0 Å². The van der Waals surface area contributed by atoms with E-state index < -0.39 is 29.8 Å². The molecule has 0 aliphatic carbocycles. The molecule has 0 aromatic carbocycles. The summed E-state index contributed by atoms with van der Waals surface area (Å²) in [4.78, 5) is 44.4. The molecule has 154 valence electrons. The number of nitrogens with two attached hydrogens (primary N) is 3. The van der Waals surface area contributed by atoms with Gasteiger partial charge in [0.2, 0.25) is 0 Å². The van der Waals surface area contributed by atoms with Gasteiger partial charge < -0.3 is 66.7 Å². The molecule has 0 bridgehead atoms. The van der Waals surface area contributed by atoms with Crippen molar-refractivity contribution in [3.05, 3.63) is 0 Å². The molecule has 0 fully saturated rings. The number of hydrogen-bond acceptors (Lipinski definition) is 13. The van der Waals surface area contributed by atoms with E-state index in [9.17, 15) is 0 Å². The largest absolute Gasteiger partial charge is 5.00 e. The van der Waals surface area contributed by atoms with Gasteiger partial charge in [-0.25, -0.2) is 0 Å². The van der Waals surface area contributed by atoms with Crippen LogP contribution < -0.4 is 42.7 Å². The van der Waals surface area contributed by atoms with E-state index in [4.69, 9.17) is 66.7 Å². The van der Waals surface area contributed by atoms with Crippen molar-refractivity contribution < 1.29 is 69.6 Å². The average molecular weight is 468 g/mol. The van der Waals surface area contributed by atoms with Crippen LogP contribution in [0.3, 0.4) is 0 Å². The van der Waals surface area contributed by atoms with Crippen LogP contribution in [0.5, 0.6) is 0 Å². The van der Waals surface area contributed by atoms with Crippen LogP contribution in [0.25, 0.3) is 0 Å². The Morgan fingerprint density at radius 1 is 0.615 bits per heavy atom. The Labute approximate surface area is 164 Å². The zero-order valence-electron chi connectivity index (χ0n) is 15.0. The van der Waals surface area contributed by atoms with Crippen molar-refractivity contribution in [1.29, 1.82) is 0 Å². The average Bonchev–Trinajstić information content (AvgIpc) is 2.24. The Morgan fingerprint density at radius 3 is 0.654 bits per heavy atom. The molecule has 0 rings (SSSR count). The summed E-state index contributed by atoms with van der Waals surface area (Å²) in [5.74, 6) is -5.42. The van der Waals surface area contributed by atoms with Crippen molar-refractivity contribution in [2.45, 2.75) is 40.8 Å². The summed E-state index contributed by atoms with van der Waals surface area (Å²) in [6.45, 7) is 5.22. The summed E-state index contributed by atoms with van der Waals surface area (Å²) in [6.07, 6.45) is -0.338. The number of carbonyl (C=O) groups excluding carboxylic acids is 5. The molecule has 14 heteroatoms. The number of rotatable bonds is 1. The molecule has 0 aliphatic heterocycles. The smallest absolute Gasteiger partial charge is 0.550 e. The van der Waals surface area contributed by atoms with E-state index in [2.05, 4.69) is 0 Å². The molecule has 13 nitrogen and oxygen atoms in total. The maximum absolute atomic E-state index is 8.89. The third kappa shape index (κ3) is 655000. The molecule has 6 N–H and O–H groups in total. The number of carboxylic acids is 5. The third-order valence-electron chi connectivity index (χ3n) is 0.272. The first kappa shape index (κ1) is 43.9. The van der Waals surface area contributed by atoms with Gasteiger partial charge in [-0.2, -0.15) is 0 Å². The van der Waals surface area contributed by atoms with E-state index >= 15 is 0 Å². The van der Waals surface area contributed by atoms with Gasteiger partial charge in [0, 0.05) is 36.4 Å². The molecular weight excluding hydrogens is 444 g/mol. The second-order valence-electron chi connectivity index (χ2n) is 3.36. The van der Waals surface area contributed by atoms with Crippen molar-refractivity contribution in [3.8, 4) is 0 Å². The van der Waals surface area contributed by atoms with Gasteiger partial charge in [-0.1, -0.05) is 0 Å². The van der Waals surface area contributed by atoms with E-state index in [-0.39, 0.29) is 26.3 Å². The van der Waals surface area contributed by atoms with Gasteiger partial charge in [0.1, 0.15) is 0 Å². The van der Waals surface area contributed by atoms with Gasteiger partial charge in [-0.05, 0) is 34.6 Å². The SMILES string of the molecule is CC(=O)[O-].CC(=O)[O-].CC(=O)[O-].CC(=O)[O-].CC(=O)[O-].NCC(N)N.[Tc+5]. The molecule has 0 unspecified atom stereocenters. The van der Waals surface area contributed by atoms with E-state index in [1.54, 1.807) is 0 Å². The van der Waals surface area contributed by atoms with Crippen molar-refractivity contribution in [2.75, 3.05) is 6.54 Å². The Bertz CT molecular complexity index is 276. The standard InChI is InChI=1S/C2H9N3.5C2H4O2.Tc/c3-1-2(4)5;5*1-2(3)4;/h2H,1,3-5H2;5*1H3,(H,3,4);/q;;;;;;+5/p-5. The number of hydrogen-bond donors (Lipinski definition) is 3. The summed E-state index contributed by atoms with van der Waals surface area (Å²) >= 11 is 0. The predicted octanol–water partition coefficient (Wildman–Crippen LogP) is -8.03. The number of aliphatic carboxylic acids is 5. The van der Waals surface area contributed by atoms with Gasteiger partial charge in [0.15, 0.2) is 0 Å². The minimum Gasteiger partial charge on any atom is -0.550 e. The third-order valence-corrected chi connectivity index (χ3v) is 0.272. The molecule has 0 radical (unpaired) electrons. The van der Waals surface area contributed by atoms with Gasteiger partial charge in [0.05, 0.1) is 6.17 Å². The van der Waals surface area contributed by atoms with Crippen LogP contribution in [-0.4, -0.2) is 42.6 Å². The summed E-state index contributed by atoms with van der Waals surface area (Å²) in [7, 11) is 0. The van der Waals surface area contributed by atoms with Crippen molar-refractivity contribution in [1.82, 2.24) is 0 Å². The van der Waals surface area contributed by atoms with Gasteiger partial charge in [-0.15, -0.1) is 0 Å². The molecule has 0 aromatic heterocycles. The molecule has 0 spiro atoms. The van der Waals surface area contributed by atoms with Crippen LogP contribution in [0.2, 0.25) is 0 Å². The second-order valence-corrected chi connectivity index (χ2v) is 3.36. The Hall–Kier alpha value is -2.12. The second kappa shape index (κ2) is 38.4. The molecule has 0 atom stereocenters.